The number of methoxy groups -OCH3 is 2. The van der Waals surface area contributed by atoms with Crippen molar-refractivity contribution < 1.29 is 14.3 Å². The molecule has 0 fully saturated rings. The molecule has 1 atom stereocenters. The minimum atomic E-state index is -0.0371. The molecule has 3 rings (SSSR count). The SMILES string of the molecule is CCC(C)NC(=O)c1cc(-c2csc(C)n2)n(CCc2ccc(OC)c(OC)c2)c1C. The Morgan fingerprint density at radius 1 is 1.19 bits per heavy atom. The number of nitrogens with one attached hydrogen (secondary N) is 1. The number of aryl methyl sites for hydroxylation is 2. The lowest BCUT2D eigenvalue weighted by Crippen LogP contribution is -2.32. The van der Waals surface area contributed by atoms with E-state index in [1.807, 2.05) is 50.4 Å². The zero-order valence-electron chi connectivity index (χ0n) is 19.1. The summed E-state index contributed by atoms with van der Waals surface area (Å²) in [6, 6.07) is 8.07. The van der Waals surface area contributed by atoms with Crippen LogP contribution in [0.1, 0.15) is 46.9 Å². The third-order valence-electron chi connectivity index (χ3n) is 5.55. The number of hydrogen-bond acceptors (Lipinski definition) is 5. The van der Waals surface area contributed by atoms with Crippen LogP contribution in [-0.2, 0) is 13.0 Å². The van der Waals surface area contributed by atoms with Crippen LogP contribution in [0, 0.1) is 13.8 Å². The second-order valence-corrected chi connectivity index (χ2v) is 8.72. The molecular formula is C24H31N3O3S. The van der Waals surface area contributed by atoms with Crippen LogP contribution in [0.5, 0.6) is 11.5 Å². The highest BCUT2D eigenvalue weighted by molar-refractivity contribution is 7.09. The van der Waals surface area contributed by atoms with Gasteiger partial charge in [0.2, 0.25) is 0 Å². The van der Waals surface area contributed by atoms with Crippen molar-refractivity contribution in [3.63, 3.8) is 0 Å². The molecule has 2 aromatic heterocycles. The lowest BCUT2D eigenvalue weighted by Gasteiger charge is -2.14. The van der Waals surface area contributed by atoms with Gasteiger partial charge in [-0.05, 0) is 57.4 Å². The van der Waals surface area contributed by atoms with Crippen LogP contribution in [0.25, 0.3) is 11.4 Å². The molecule has 2 heterocycles. The third kappa shape index (κ3) is 5.10. The molecule has 6 nitrogen and oxygen atoms in total. The van der Waals surface area contributed by atoms with Gasteiger partial charge in [0.05, 0.1) is 36.2 Å². The molecule has 0 aliphatic carbocycles. The van der Waals surface area contributed by atoms with Crippen molar-refractivity contribution in [1.82, 2.24) is 14.9 Å². The molecule has 7 heteroatoms. The number of hydrogen-bond donors (Lipinski definition) is 1. The summed E-state index contributed by atoms with van der Waals surface area (Å²) >= 11 is 1.61. The van der Waals surface area contributed by atoms with Crippen molar-refractivity contribution in [3.8, 4) is 22.9 Å². The predicted octanol–water partition coefficient (Wildman–Crippen LogP) is 5.02. The molecule has 166 valence electrons. The van der Waals surface area contributed by atoms with Gasteiger partial charge in [0.1, 0.15) is 0 Å². The molecule has 1 N–H and O–H groups in total. The fourth-order valence-corrected chi connectivity index (χ4v) is 4.14. The number of carbonyl (C=O) groups is 1. The number of benzene rings is 1. The molecular weight excluding hydrogens is 410 g/mol. The van der Waals surface area contributed by atoms with E-state index >= 15 is 0 Å². The summed E-state index contributed by atoms with van der Waals surface area (Å²) in [6.07, 6.45) is 1.68. The van der Waals surface area contributed by atoms with Gasteiger partial charge in [-0.3, -0.25) is 4.79 Å². The first-order valence-corrected chi connectivity index (χ1v) is 11.4. The minimum absolute atomic E-state index is 0.0371. The summed E-state index contributed by atoms with van der Waals surface area (Å²) in [4.78, 5) is 17.6. The Kier molecular flexibility index (Phi) is 7.38. The van der Waals surface area contributed by atoms with Crippen molar-refractivity contribution in [3.05, 3.63) is 51.5 Å². The standard InChI is InChI=1S/C24H31N3O3S/c1-7-15(2)25-24(28)19-13-21(20-14-31-17(4)26-20)27(16(19)3)11-10-18-8-9-22(29-5)23(12-18)30-6/h8-9,12-15H,7,10-11H2,1-6H3,(H,25,28). The maximum atomic E-state index is 12.9. The van der Waals surface area contributed by atoms with Gasteiger partial charge in [0, 0.05) is 23.7 Å². The zero-order chi connectivity index (χ0) is 22.5. The van der Waals surface area contributed by atoms with E-state index in [2.05, 4.69) is 21.8 Å². The highest BCUT2D eigenvalue weighted by atomic mass is 32.1. The average molecular weight is 442 g/mol. The van der Waals surface area contributed by atoms with E-state index in [1.165, 1.54) is 0 Å². The Bertz CT molecular complexity index is 1050. The average Bonchev–Trinajstić information content (AvgIpc) is 3.34. The number of nitrogens with zero attached hydrogens (tertiary/aromatic N) is 2. The van der Waals surface area contributed by atoms with E-state index in [9.17, 15) is 4.79 Å². The molecule has 0 spiro atoms. The first kappa shape index (κ1) is 22.9. The van der Waals surface area contributed by atoms with Crippen LogP contribution in [0.3, 0.4) is 0 Å². The molecule has 0 bridgehead atoms. The topological polar surface area (TPSA) is 65.4 Å². The van der Waals surface area contributed by atoms with Gasteiger partial charge < -0.3 is 19.4 Å². The predicted molar refractivity (Wildman–Crippen MR) is 125 cm³/mol. The van der Waals surface area contributed by atoms with Crippen molar-refractivity contribution in [1.29, 1.82) is 0 Å². The second-order valence-electron chi connectivity index (χ2n) is 7.65. The van der Waals surface area contributed by atoms with Gasteiger partial charge in [0.15, 0.2) is 11.5 Å². The van der Waals surface area contributed by atoms with Crippen molar-refractivity contribution >= 4 is 17.2 Å². The summed E-state index contributed by atoms with van der Waals surface area (Å²) in [5.41, 5.74) is 4.66. The molecule has 31 heavy (non-hydrogen) atoms. The number of thiazole rings is 1. The van der Waals surface area contributed by atoms with Crippen LogP contribution >= 0.6 is 11.3 Å². The number of ether oxygens (including phenoxy) is 2. The third-order valence-corrected chi connectivity index (χ3v) is 6.33. The Morgan fingerprint density at radius 2 is 1.94 bits per heavy atom. The molecule has 0 saturated carbocycles. The van der Waals surface area contributed by atoms with Crippen LogP contribution in [-0.4, -0.2) is 35.7 Å². The number of aromatic nitrogens is 2. The first-order chi connectivity index (χ1) is 14.9. The Morgan fingerprint density at radius 3 is 2.55 bits per heavy atom. The molecule has 1 amide bonds. The van der Waals surface area contributed by atoms with E-state index in [-0.39, 0.29) is 11.9 Å². The highest BCUT2D eigenvalue weighted by Gasteiger charge is 2.20. The van der Waals surface area contributed by atoms with Crippen LogP contribution in [0.15, 0.2) is 29.6 Å². The molecule has 1 unspecified atom stereocenters. The maximum Gasteiger partial charge on any atom is 0.253 e. The largest absolute Gasteiger partial charge is 0.493 e. The summed E-state index contributed by atoms with van der Waals surface area (Å²) in [5, 5.41) is 6.14. The van der Waals surface area contributed by atoms with Gasteiger partial charge in [-0.2, -0.15) is 0 Å². The summed E-state index contributed by atoms with van der Waals surface area (Å²) in [5.74, 6) is 1.39. The van der Waals surface area contributed by atoms with Crippen molar-refractivity contribution in [2.24, 2.45) is 0 Å². The monoisotopic (exact) mass is 441 g/mol. The van der Waals surface area contributed by atoms with Crippen LogP contribution in [0.2, 0.25) is 0 Å². The molecule has 3 aromatic rings. The number of amides is 1. The molecule has 0 aliphatic rings. The second kappa shape index (κ2) is 10.0. The van der Waals surface area contributed by atoms with E-state index in [4.69, 9.17) is 9.47 Å². The van der Waals surface area contributed by atoms with Crippen LogP contribution < -0.4 is 14.8 Å². The number of carbonyl (C=O) groups excluding carboxylic acids is 1. The van der Waals surface area contributed by atoms with Crippen LogP contribution in [0.4, 0.5) is 0 Å². The summed E-state index contributed by atoms with van der Waals surface area (Å²) in [7, 11) is 3.28. The van der Waals surface area contributed by atoms with Crippen molar-refractivity contribution in [2.75, 3.05) is 14.2 Å². The number of rotatable bonds is 9. The fourth-order valence-electron chi connectivity index (χ4n) is 3.54. The highest BCUT2D eigenvalue weighted by Crippen LogP contribution is 2.30. The molecule has 1 aromatic carbocycles. The van der Waals surface area contributed by atoms with Crippen molar-refractivity contribution in [2.45, 2.75) is 53.1 Å². The Hall–Kier alpha value is -2.80. The van der Waals surface area contributed by atoms with E-state index in [0.29, 0.717) is 17.1 Å². The van der Waals surface area contributed by atoms with Gasteiger partial charge in [-0.25, -0.2) is 4.98 Å². The van der Waals surface area contributed by atoms with Gasteiger partial charge >= 0.3 is 0 Å². The van der Waals surface area contributed by atoms with E-state index in [1.54, 1.807) is 25.6 Å². The Labute approximate surface area is 188 Å². The molecule has 0 saturated heterocycles. The van der Waals surface area contributed by atoms with E-state index in [0.717, 1.165) is 47.0 Å². The molecule has 0 radical (unpaired) electrons. The molecule has 0 aliphatic heterocycles. The first-order valence-electron chi connectivity index (χ1n) is 10.5. The lowest BCUT2D eigenvalue weighted by atomic mass is 10.1. The zero-order valence-corrected chi connectivity index (χ0v) is 19.9. The summed E-state index contributed by atoms with van der Waals surface area (Å²) < 4.78 is 13.0. The Balaban J connectivity index is 1.93. The quantitative estimate of drug-likeness (QED) is 0.507. The van der Waals surface area contributed by atoms with Gasteiger partial charge in [0.25, 0.3) is 5.91 Å². The smallest absolute Gasteiger partial charge is 0.253 e. The van der Waals surface area contributed by atoms with Gasteiger partial charge in [-0.1, -0.05) is 13.0 Å². The minimum Gasteiger partial charge on any atom is -0.493 e. The van der Waals surface area contributed by atoms with Gasteiger partial charge in [-0.15, -0.1) is 11.3 Å². The summed E-state index contributed by atoms with van der Waals surface area (Å²) in [6.45, 7) is 8.81. The lowest BCUT2D eigenvalue weighted by molar-refractivity contribution is 0.0938. The maximum absolute atomic E-state index is 12.9. The van der Waals surface area contributed by atoms with E-state index < -0.39 is 0 Å². The fraction of sp³-hybridized carbons (Fsp3) is 0.417. The normalized spacial score (nSPS) is 11.9.